The van der Waals surface area contributed by atoms with Crippen molar-refractivity contribution < 1.29 is 9.84 Å². The standard InChI is InChI=1S/C25H39N3O2/c1-17(15-28-26-12-13-27-28)22-6-7-23-21-5-4-18-14-25(29,16-30-3)11-9-19(18)20(21)8-10-24(22,23)2/h12-13,18-23,29H,1,4-11,14-16H2,2-3H3/t18-,19+,20-,21-,22-,23+,24-,25-/m1/s1. The van der Waals surface area contributed by atoms with Crippen LogP contribution in [0.25, 0.3) is 0 Å². The molecule has 0 amide bonds. The van der Waals surface area contributed by atoms with E-state index in [0.29, 0.717) is 23.9 Å². The minimum absolute atomic E-state index is 0.393. The lowest BCUT2D eigenvalue weighted by atomic mass is 9.48. The second-order valence-electron chi connectivity index (χ2n) is 11.2. The van der Waals surface area contributed by atoms with Gasteiger partial charge in [-0.25, -0.2) is 0 Å². The highest BCUT2D eigenvalue weighted by molar-refractivity contribution is 5.15. The number of fused-ring (bicyclic) bond motifs is 5. The molecule has 166 valence electrons. The van der Waals surface area contributed by atoms with E-state index in [2.05, 4.69) is 23.7 Å². The van der Waals surface area contributed by atoms with Crippen LogP contribution in [0.2, 0.25) is 0 Å². The van der Waals surface area contributed by atoms with Crippen molar-refractivity contribution in [3.05, 3.63) is 24.5 Å². The fourth-order valence-corrected chi connectivity index (χ4v) is 8.65. The summed E-state index contributed by atoms with van der Waals surface area (Å²) in [4.78, 5) is 1.79. The number of hydrogen-bond donors (Lipinski definition) is 1. The lowest BCUT2D eigenvalue weighted by molar-refractivity contribution is -0.123. The molecule has 0 aromatic carbocycles. The molecule has 4 aliphatic carbocycles. The second kappa shape index (κ2) is 7.74. The third-order valence-electron chi connectivity index (χ3n) is 9.82. The van der Waals surface area contributed by atoms with E-state index in [1.807, 2.05) is 0 Å². The SMILES string of the molecule is C=C(Cn1nccn1)[C@H]1CC[C@H]2[C@@H]3CC[C@@H]4C[C@@](O)(COC)CC[C@@H]4[C@H]3CC[C@]12C. The molecule has 4 saturated carbocycles. The summed E-state index contributed by atoms with van der Waals surface area (Å²) in [5.74, 6) is 4.70. The number of allylic oxidation sites excluding steroid dienone is 1. The van der Waals surface area contributed by atoms with Gasteiger partial charge >= 0.3 is 0 Å². The van der Waals surface area contributed by atoms with Crippen molar-refractivity contribution in [1.82, 2.24) is 15.0 Å². The van der Waals surface area contributed by atoms with Gasteiger partial charge in [-0.05, 0) is 98.7 Å². The van der Waals surface area contributed by atoms with Gasteiger partial charge in [0.25, 0.3) is 0 Å². The van der Waals surface area contributed by atoms with Crippen LogP contribution in [0.15, 0.2) is 24.5 Å². The van der Waals surface area contributed by atoms with E-state index in [-0.39, 0.29) is 0 Å². The molecule has 5 nitrogen and oxygen atoms in total. The molecule has 4 aliphatic rings. The Hall–Kier alpha value is -1.20. The molecule has 0 aliphatic heterocycles. The summed E-state index contributed by atoms with van der Waals surface area (Å²) in [5.41, 5.74) is 1.14. The number of methoxy groups -OCH3 is 1. The first-order chi connectivity index (χ1) is 14.4. The predicted octanol–water partition coefficient (Wildman–Crippen LogP) is 4.48. The maximum Gasteiger partial charge on any atom is 0.0882 e. The van der Waals surface area contributed by atoms with Crippen LogP contribution in [0.5, 0.6) is 0 Å². The molecule has 0 radical (unpaired) electrons. The largest absolute Gasteiger partial charge is 0.387 e. The van der Waals surface area contributed by atoms with Gasteiger partial charge in [-0.1, -0.05) is 19.1 Å². The highest BCUT2D eigenvalue weighted by atomic mass is 16.5. The number of rotatable bonds is 5. The van der Waals surface area contributed by atoms with E-state index in [1.54, 1.807) is 24.3 Å². The van der Waals surface area contributed by atoms with Crippen LogP contribution in [-0.2, 0) is 11.3 Å². The maximum absolute atomic E-state index is 11.0. The third kappa shape index (κ3) is 3.37. The van der Waals surface area contributed by atoms with Crippen LogP contribution >= 0.6 is 0 Å². The van der Waals surface area contributed by atoms with Crippen LogP contribution in [0.4, 0.5) is 0 Å². The topological polar surface area (TPSA) is 60.2 Å². The number of nitrogens with zero attached hydrogens (tertiary/aromatic N) is 3. The summed E-state index contributed by atoms with van der Waals surface area (Å²) in [6.45, 7) is 8.34. The molecule has 8 atom stereocenters. The van der Waals surface area contributed by atoms with Gasteiger partial charge in [-0.3, -0.25) is 0 Å². The number of aromatic nitrogens is 3. The van der Waals surface area contributed by atoms with Gasteiger partial charge in [0, 0.05) is 7.11 Å². The van der Waals surface area contributed by atoms with Crippen LogP contribution in [0.1, 0.15) is 64.7 Å². The first kappa shape index (κ1) is 20.7. The van der Waals surface area contributed by atoms with Gasteiger partial charge in [0.15, 0.2) is 0 Å². The molecule has 5 heteroatoms. The van der Waals surface area contributed by atoms with Crippen molar-refractivity contribution >= 4 is 0 Å². The summed E-state index contributed by atoms with van der Waals surface area (Å²) in [6.07, 6.45) is 14.6. The third-order valence-corrected chi connectivity index (χ3v) is 9.82. The minimum atomic E-state index is -0.581. The van der Waals surface area contributed by atoms with E-state index in [9.17, 15) is 5.11 Å². The monoisotopic (exact) mass is 413 g/mol. The fraction of sp³-hybridized carbons (Fsp3) is 0.840. The zero-order valence-corrected chi connectivity index (χ0v) is 18.8. The maximum atomic E-state index is 11.0. The quantitative estimate of drug-likeness (QED) is 0.723. The van der Waals surface area contributed by atoms with Crippen LogP contribution in [0, 0.1) is 40.9 Å². The first-order valence-corrected chi connectivity index (χ1v) is 12.2. The molecule has 1 N–H and O–H groups in total. The van der Waals surface area contributed by atoms with Crippen molar-refractivity contribution in [3.8, 4) is 0 Å². The highest BCUT2D eigenvalue weighted by Crippen LogP contribution is 2.65. The van der Waals surface area contributed by atoms with Crippen molar-refractivity contribution in [1.29, 1.82) is 0 Å². The van der Waals surface area contributed by atoms with Crippen LogP contribution in [-0.4, -0.2) is 39.4 Å². The number of ether oxygens (including phenoxy) is 1. The molecule has 1 aromatic rings. The molecule has 0 spiro atoms. The molecule has 1 aromatic heterocycles. The summed E-state index contributed by atoms with van der Waals surface area (Å²) >= 11 is 0. The van der Waals surface area contributed by atoms with Gasteiger partial charge in [0.2, 0.25) is 0 Å². The Kier molecular flexibility index (Phi) is 5.34. The van der Waals surface area contributed by atoms with E-state index in [0.717, 1.165) is 43.1 Å². The molecule has 0 unspecified atom stereocenters. The Bertz CT molecular complexity index is 764. The molecule has 30 heavy (non-hydrogen) atoms. The highest BCUT2D eigenvalue weighted by Gasteiger charge is 2.58. The molecule has 1 heterocycles. The van der Waals surface area contributed by atoms with Crippen molar-refractivity contribution in [2.24, 2.45) is 40.9 Å². The fourth-order valence-electron chi connectivity index (χ4n) is 8.65. The number of aliphatic hydroxyl groups is 1. The Labute approximate surface area is 181 Å². The smallest absolute Gasteiger partial charge is 0.0882 e. The second-order valence-corrected chi connectivity index (χ2v) is 11.2. The van der Waals surface area contributed by atoms with Gasteiger partial charge in [0.05, 0.1) is 31.1 Å². The van der Waals surface area contributed by atoms with E-state index in [4.69, 9.17) is 4.74 Å². The van der Waals surface area contributed by atoms with Crippen LogP contribution in [0.3, 0.4) is 0 Å². The Balaban J connectivity index is 1.29. The molecule has 4 fully saturated rings. The zero-order valence-electron chi connectivity index (χ0n) is 18.8. The summed E-state index contributed by atoms with van der Waals surface area (Å²) in [6, 6.07) is 0. The number of hydrogen-bond acceptors (Lipinski definition) is 4. The first-order valence-electron chi connectivity index (χ1n) is 12.2. The van der Waals surface area contributed by atoms with E-state index in [1.165, 1.54) is 50.5 Å². The lowest BCUT2D eigenvalue weighted by Gasteiger charge is -2.57. The van der Waals surface area contributed by atoms with Gasteiger partial charge < -0.3 is 9.84 Å². The van der Waals surface area contributed by atoms with Crippen molar-refractivity contribution in [3.63, 3.8) is 0 Å². The van der Waals surface area contributed by atoms with Crippen molar-refractivity contribution in [2.75, 3.05) is 13.7 Å². The molecule has 0 bridgehead atoms. The van der Waals surface area contributed by atoms with Gasteiger partial charge in [-0.15, -0.1) is 0 Å². The zero-order chi connectivity index (χ0) is 20.9. The minimum Gasteiger partial charge on any atom is -0.387 e. The van der Waals surface area contributed by atoms with Crippen molar-refractivity contribution in [2.45, 2.75) is 76.9 Å². The van der Waals surface area contributed by atoms with Gasteiger partial charge in [0.1, 0.15) is 0 Å². The predicted molar refractivity (Wildman–Crippen MR) is 117 cm³/mol. The average molecular weight is 414 g/mol. The molecular weight excluding hydrogens is 374 g/mol. The summed E-state index contributed by atoms with van der Waals surface area (Å²) in [7, 11) is 1.72. The normalized spacial score (nSPS) is 45.4. The van der Waals surface area contributed by atoms with Gasteiger partial charge in [-0.2, -0.15) is 15.0 Å². The van der Waals surface area contributed by atoms with E-state index >= 15 is 0 Å². The Morgan fingerprint density at radius 1 is 1.07 bits per heavy atom. The summed E-state index contributed by atoms with van der Waals surface area (Å²) < 4.78 is 5.34. The molecule has 5 rings (SSSR count). The summed E-state index contributed by atoms with van der Waals surface area (Å²) in [5, 5.41) is 19.6. The van der Waals surface area contributed by atoms with E-state index < -0.39 is 5.60 Å². The molecule has 0 saturated heterocycles. The average Bonchev–Trinajstić information content (AvgIpc) is 3.34. The molecular formula is C25H39N3O2. The Morgan fingerprint density at radius 3 is 2.60 bits per heavy atom. The Morgan fingerprint density at radius 2 is 1.83 bits per heavy atom. The van der Waals surface area contributed by atoms with Crippen LogP contribution < -0.4 is 0 Å². The lowest BCUT2D eigenvalue weighted by Crippen LogP contribution is -2.52.